The summed E-state index contributed by atoms with van der Waals surface area (Å²) >= 11 is 1.25. The molecule has 1 saturated heterocycles. The number of carbonyl (C=O) groups excluding carboxylic acids is 2. The van der Waals surface area contributed by atoms with E-state index in [4.69, 9.17) is 9.47 Å². The molecule has 1 fully saturated rings. The Morgan fingerprint density at radius 2 is 1.74 bits per heavy atom. The summed E-state index contributed by atoms with van der Waals surface area (Å²) < 4.78 is 24.3. The average Bonchev–Trinajstić information content (AvgIpc) is 3.49. The maximum Gasteiger partial charge on any atom is 0.279 e. The Morgan fingerprint density at radius 1 is 1.00 bits per heavy atom. The molecule has 6 nitrogen and oxygen atoms in total. The Kier molecular flexibility index (Phi) is 6.59. The standard InChI is InChI=1S/C23H21FN2O4S/c24-17-7-3-15(4-8-17)20-11-12-21(31-20)23(28)26-25-22(27)16-5-9-18(10-6-16)30-14-19-2-1-13-29-19/h3-12,19H,1-2,13-14H2,(H,25,27)(H,26,28). The summed E-state index contributed by atoms with van der Waals surface area (Å²) in [5.41, 5.74) is 6.03. The van der Waals surface area contributed by atoms with Crippen LogP contribution in [-0.2, 0) is 4.74 Å². The minimum atomic E-state index is -0.436. The number of rotatable bonds is 6. The molecule has 2 amide bonds. The number of hydrazine groups is 1. The fraction of sp³-hybridized carbons (Fsp3) is 0.217. The van der Waals surface area contributed by atoms with Gasteiger partial charge in [-0.1, -0.05) is 12.1 Å². The van der Waals surface area contributed by atoms with Crippen molar-refractivity contribution < 1.29 is 23.5 Å². The van der Waals surface area contributed by atoms with E-state index in [0.717, 1.165) is 29.9 Å². The molecule has 0 spiro atoms. The van der Waals surface area contributed by atoms with Crippen molar-refractivity contribution in [3.05, 3.63) is 76.9 Å². The largest absolute Gasteiger partial charge is 0.491 e. The van der Waals surface area contributed by atoms with E-state index in [2.05, 4.69) is 10.9 Å². The number of halogens is 1. The van der Waals surface area contributed by atoms with Gasteiger partial charge in [0.25, 0.3) is 11.8 Å². The summed E-state index contributed by atoms with van der Waals surface area (Å²) in [7, 11) is 0. The van der Waals surface area contributed by atoms with Gasteiger partial charge in [0.2, 0.25) is 0 Å². The lowest BCUT2D eigenvalue weighted by Gasteiger charge is -2.12. The molecular weight excluding hydrogens is 419 g/mol. The van der Waals surface area contributed by atoms with Gasteiger partial charge in [0.1, 0.15) is 18.2 Å². The van der Waals surface area contributed by atoms with Crippen molar-refractivity contribution in [1.82, 2.24) is 10.9 Å². The van der Waals surface area contributed by atoms with Gasteiger partial charge in [-0.3, -0.25) is 20.4 Å². The van der Waals surface area contributed by atoms with Gasteiger partial charge >= 0.3 is 0 Å². The van der Waals surface area contributed by atoms with Gasteiger partial charge in [-0.25, -0.2) is 4.39 Å². The minimum absolute atomic E-state index is 0.124. The lowest BCUT2D eigenvalue weighted by atomic mass is 10.2. The Morgan fingerprint density at radius 3 is 2.45 bits per heavy atom. The van der Waals surface area contributed by atoms with Crippen molar-refractivity contribution in [2.24, 2.45) is 0 Å². The molecule has 2 heterocycles. The maximum absolute atomic E-state index is 13.1. The third-order valence-electron chi connectivity index (χ3n) is 4.82. The first-order chi connectivity index (χ1) is 15.1. The first-order valence-corrected chi connectivity index (χ1v) is 10.7. The van der Waals surface area contributed by atoms with E-state index in [1.807, 2.05) is 0 Å². The summed E-state index contributed by atoms with van der Waals surface area (Å²) in [6, 6.07) is 16.2. The van der Waals surface area contributed by atoms with Crippen LogP contribution in [0.15, 0.2) is 60.7 Å². The van der Waals surface area contributed by atoms with Crippen LogP contribution in [0.3, 0.4) is 0 Å². The predicted molar refractivity (Wildman–Crippen MR) is 116 cm³/mol. The third-order valence-corrected chi connectivity index (χ3v) is 5.96. The Labute approximate surface area is 183 Å². The van der Waals surface area contributed by atoms with Gasteiger partial charge in [-0.2, -0.15) is 0 Å². The molecule has 1 aliphatic rings. The van der Waals surface area contributed by atoms with Crippen LogP contribution in [-0.4, -0.2) is 31.1 Å². The molecular formula is C23H21FN2O4S. The van der Waals surface area contributed by atoms with E-state index in [1.165, 1.54) is 23.5 Å². The smallest absolute Gasteiger partial charge is 0.279 e. The third kappa shape index (κ3) is 5.48. The number of ether oxygens (including phenoxy) is 2. The van der Waals surface area contributed by atoms with E-state index in [-0.39, 0.29) is 11.9 Å². The highest BCUT2D eigenvalue weighted by molar-refractivity contribution is 7.17. The molecule has 2 N–H and O–H groups in total. The first kappa shape index (κ1) is 21.0. The number of nitrogens with one attached hydrogen (secondary N) is 2. The second-order valence-electron chi connectivity index (χ2n) is 7.05. The summed E-state index contributed by atoms with van der Waals surface area (Å²) in [4.78, 5) is 25.9. The average molecular weight is 440 g/mol. The highest BCUT2D eigenvalue weighted by Gasteiger charge is 2.16. The second kappa shape index (κ2) is 9.72. The van der Waals surface area contributed by atoms with Crippen LogP contribution >= 0.6 is 11.3 Å². The SMILES string of the molecule is O=C(NNC(=O)c1ccc(-c2ccc(F)cc2)s1)c1ccc(OCC2CCCO2)cc1. The van der Waals surface area contributed by atoms with Crippen molar-refractivity contribution >= 4 is 23.2 Å². The van der Waals surface area contributed by atoms with Crippen LogP contribution in [0.4, 0.5) is 4.39 Å². The van der Waals surface area contributed by atoms with Crippen molar-refractivity contribution in [2.45, 2.75) is 18.9 Å². The highest BCUT2D eigenvalue weighted by Crippen LogP contribution is 2.28. The number of benzene rings is 2. The lowest BCUT2D eigenvalue weighted by Crippen LogP contribution is -2.41. The van der Waals surface area contributed by atoms with E-state index in [9.17, 15) is 14.0 Å². The molecule has 0 radical (unpaired) electrons. The van der Waals surface area contributed by atoms with Crippen LogP contribution in [0.5, 0.6) is 5.75 Å². The summed E-state index contributed by atoms with van der Waals surface area (Å²) in [5.74, 6) is -0.524. The minimum Gasteiger partial charge on any atom is -0.491 e. The van der Waals surface area contributed by atoms with Crippen LogP contribution in [0.25, 0.3) is 10.4 Å². The summed E-state index contributed by atoms with van der Waals surface area (Å²) in [5, 5.41) is 0. The molecule has 1 aromatic heterocycles. The Balaban J connectivity index is 1.28. The van der Waals surface area contributed by atoms with E-state index in [1.54, 1.807) is 48.5 Å². The van der Waals surface area contributed by atoms with Crippen LogP contribution in [0, 0.1) is 5.82 Å². The number of thiophene rings is 1. The van der Waals surface area contributed by atoms with Gasteiger partial charge in [-0.15, -0.1) is 11.3 Å². The molecule has 1 unspecified atom stereocenters. The normalized spacial score (nSPS) is 15.5. The monoisotopic (exact) mass is 440 g/mol. The van der Waals surface area contributed by atoms with Gasteiger partial charge in [0, 0.05) is 17.0 Å². The highest BCUT2D eigenvalue weighted by atomic mass is 32.1. The van der Waals surface area contributed by atoms with E-state index in [0.29, 0.717) is 22.8 Å². The van der Waals surface area contributed by atoms with Crippen molar-refractivity contribution in [2.75, 3.05) is 13.2 Å². The molecule has 4 rings (SSSR count). The van der Waals surface area contributed by atoms with Gasteiger partial charge in [0.15, 0.2) is 0 Å². The van der Waals surface area contributed by atoms with Crippen molar-refractivity contribution in [3.63, 3.8) is 0 Å². The van der Waals surface area contributed by atoms with Gasteiger partial charge < -0.3 is 9.47 Å². The number of hydrogen-bond acceptors (Lipinski definition) is 5. The van der Waals surface area contributed by atoms with Gasteiger partial charge in [0.05, 0.1) is 11.0 Å². The number of amides is 2. The fourth-order valence-corrected chi connectivity index (χ4v) is 4.05. The Bertz CT molecular complexity index is 1040. The molecule has 0 aliphatic carbocycles. The van der Waals surface area contributed by atoms with E-state index >= 15 is 0 Å². The molecule has 0 saturated carbocycles. The number of hydrogen-bond donors (Lipinski definition) is 2. The molecule has 1 atom stereocenters. The predicted octanol–water partition coefficient (Wildman–Crippen LogP) is 4.19. The van der Waals surface area contributed by atoms with Gasteiger partial charge in [-0.05, 0) is 66.9 Å². The van der Waals surface area contributed by atoms with Crippen LogP contribution in [0.1, 0.15) is 32.9 Å². The summed E-state index contributed by atoms with van der Waals surface area (Å²) in [6.45, 7) is 1.26. The van der Waals surface area contributed by atoms with Crippen LogP contribution < -0.4 is 15.6 Å². The quantitative estimate of drug-likeness (QED) is 0.564. The molecule has 8 heteroatoms. The fourth-order valence-electron chi connectivity index (χ4n) is 3.14. The maximum atomic E-state index is 13.1. The molecule has 0 bridgehead atoms. The molecule has 31 heavy (non-hydrogen) atoms. The zero-order valence-corrected chi connectivity index (χ0v) is 17.4. The molecule has 1 aliphatic heterocycles. The zero-order chi connectivity index (χ0) is 21.6. The number of carbonyl (C=O) groups is 2. The molecule has 160 valence electrons. The Hall–Kier alpha value is -3.23. The zero-order valence-electron chi connectivity index (χ0n) is 16.6. The molecule has 2 aromatic carbocycles. The second-order valence-corrected chi connectivity index (χ2v) is 8.13. The van der Waals surface area contributed by atoms with Crippen molar-refractivity contribution in [1.29, 1.82) is 0 Å². The molecule has 3 aromatic rings. The van der Waals surface area contributed by atoms with E-state index < -0.39 is 11.8 Å². The van der Waals surface area contributed by atoms with Crippen LogP contribution in [0.2, 0.25) is 0 Å². The first-order valence-electron chi connectivity index (χ1n) is 9.89. The summed E-state index contributed by atoms with van der Waals surface area (Å²) in [6.07, 6.45) is 2.17. The topological polar surface area (TPSA) is 76.7 Å². The van der Waals surface area contributed by atoms with Crippen molar-refractivity contribution in [3.8, 4) is 16.2 Å². The lowest BCUT2D eigenvalue weighted by molar-refractivity contribution is 0.0679.